The SMILES string of the molecule is Cc1nc(C2NCCN(C(=O)OC(C)(C)C)C2C#N)c2cc(-c3ccc(Cl)cc3)c(Cl)cc2n1. The van der Waals surface area contributed by atoms with E-state index in [1.165, 1.54) is 4.90 Å². The summed E-state index contributed by atoms with van der Waals surface area (Å²) in [5, 5.41) is 15.4. The Hall–Kier alpha value is -2.92. The maximum absolute atomic E-state index is 12.9. The number of nitrogens with zero attached hydrogens (tertiary/aromatic N) is 4. The van der Waals surface area contributed by atoms with Gasteiger partial charge in [-0.3, -0.25) is 4.90 Å². The molecule has 1 amide bonds. The summed E-state index contributed by atoms with van der Waals surface area (Å²) < 4.78 is 5.55. The van der Waals surface area contributed by atoms with Crippen LogP contribution < -0.4 is 5.32 Å². The van der Waals surface area contributed by atoms with E-state index < -0.39 is 23.8 Å². The minimum atomic E-state index is -0.809. The van der Waals surface area contributed by atoms with Crippen molar-refractivity contribution < 1.29 is 9.53 Å². The van der Waals surface area contributed by atoms with Gasteiger partial charge in [-0.1, -0.05) is 35.3 Å². The molecular weight excluding hydrogens is 473 g/mol. The Kier molecular flexibility index (Phi) is 6.68. The van der Waals surface area contributed by atoms with Crippen LogP contribution in [0.1, 0.15) is 38.3 Å². The molecule has 1 N–H and O–H groups in total. The quantitative estimate of drug-likeness (QED) is 0.489. The van der Waals surface area contributed by atoms with Crippen LogP contribution in [-0.2, 0) is 4.74 Å². The third kappa shape index (κ3) is 4.95. The number of fused-ring (bicyclic) bond motifs is 1. The van der Waals surface area contributed by atoms with Gasteiger partial charge < -0.3 is 10.1 Å². The molecule has 34 heavy (non-hydrogen) atoms. The Labute approximate surface area is 208 Å². The molecule has 4 rings (SSSR count). The highest BCUT2D eigenvalue weighted by atomic mass is 35.5. The second-order valence-corrected chi connectivity index (χ2v) is 10.0. The fourth-order valence-electron chi connectivity index (χ4n) is 4.07. The molecule has 0 spiro atoms. The van der Waals surface area contributed by atoms with Gasteiger partial charge in [0, 0.05) is 29.1 Å². The molecule has 1 aromatic heterocycles. The molecule has 0 radical (unpaired) electrons. The van der Waals surface area contributed by atoms with Crippen LogP contribution >= 0.6 is 23.2 Å². The van der Waals surface area contributed by atoms with Gasteiger partial charge in [0.1, 0.15) is 17.5 Å². The van der Waals surface area contributed by atoms with Crippen molar-refractivity contribution in [1.29, 1.82) is 5.26 Å². The lowest BCUT2D eigenvalue weighted by Crippen LogP contribution is -2.55. The topological polar surface area (TPSA) is 91.1 Å². The van der Waals surface area contributed by atoms with Gasteiger partial charge >= 0.3 is 6.09 Å². The Bertz CT molecular complexity index is 1280. The molecule has 2 atom stereocenters. The molecule has 0 aliphatic carbocycles. The predicted molar refractivity (Wildman–Crippen MR) is 133 cm³/mol. The number of ether oxygens (including phenoxy) is 1. The van der Waals surface area contributed by atoms with Crippen molar-refractivity contribution in [3.8, 4) is 17.2 Å². The number of hydrogen-bond acceptors (Lipinski definition) is 6. The molecule has 1 aliphatic rings. The molecule has 0 saturated carbocycles. The second-order valence-electron chi connectivity index (χ2n) is 9.19. The van der Waals surface area contributed by atoms with Gasteiger partial charge in [0.25, 0.3) is 0 Å². The first-order valence-corrected chi connectivity index (χ1v) is 11.7. The first-order valence-electron chi connectivity index (χ1n) is 10.9. The number of piperazine rings is 1. The van der Waals surface area contributed by atoms with E-state index in [2.05, 4.69) is 16.4 Å². The minimum absolute atomic E-state index is 0.355. The molecule has 1 aliphatic heterocycles. The maximum Gasteiger partial charge on any atom is 0.411 e. The highest BCUT2D eigenvalue weighted by Crippen LogP contribution is 2.36. The van der Waals surface area contributed by atoms with Gasteiger partial charge in [0.05, 0.1) is 28.3 Å². The third-order valence-corrected chi connectivity index (χ3v) is 6.07. The fraction of sp³-hybridized carbons (Fsp3) is 0.360. The van der Waals surface area contributed by atoms with Gasteiger partial charge in [-0.05, 0) is 57.5 Å². The number of carbonyl (C=O) groups is 1. The van der Waals surface area contributed by atoms with Gasteiger partial charge in [-0.15, -0.1) is 0 Å². The lowest BCUT2D eigenvalue weighted by atomic mass is 9.95. The van der Waals surface area contributed by atoms with Gasteiger partial charge in [-0.2, -0.15) is 5.26 Å². The summed E-state index contributed by atoms with van der Waals surface area (Å²) in [6.45, 7) is 8.04. The number of amides is 1. The lowest BCUT2D eigenvalue weighted by Gasteiger charge is -2.38. The highest BCUT2D eigenvalue weighted by Gasteiger charge is 2.39. The van der Waals surface area contributed by atoms with Crippen molar-refractivity contribution in [2.24, 2.45) is 0 Å². The molecule has 176 valence electrons. The van der Waals surface area contributed by atoms with Crippen LogP contribution in [0.25, 0.3) is 22.0 Å². The van der Waals surface area contributed by atoms with Crippen molar-refractivity contribution in [3.63, 3.8) is 0 Å². The minimum Gasteiger partial charge on any atom is -0.444 e. The largest absolute Gasteiger partial charge is 0.444 e. The van der Waals surface area contributed by atoms with Crippen LogP contribution in [0.2, 0.25) is 10.0 Å². The average molecular weight is 498 g/mol. The standard InChI is InChI=1S/C25H25Cl2N5O2/c1-14-30-20-12-19(27)17(15-5-7-16(26)8-6-15)11-18(20)22(31-14)23-21(13-28)32(10-9-29-23)24(33)34-25(2,3)4/h5-8,11-12,21,23,29H,9-10H2,1-4H3. The van der Waals surface area contributed by atoms with Gasteiger partial charge in [0.2, 0.25) is 0 Å². The molecule has 9 heteroatoms. The van der Waals surface area contributed by atoms with E-state index in [4.69, 9.17) is 32.9 Å². The van der Waals surface area contributed by atoms with Crippen molar-refractivity contribution in [1.82, 2.24) is 20.2 Å². The Morgan fingerprint density at radius 2 is 1.91 bits per heavy atom. The van der Waals surface area contributed by atoms with Crippen molar-refractivity contribution >= 4 is 40.2 Å². The van der Waals surface area contributed by atoms with E-state index >= 15 is 0 Å². The number of hydrogen-bond donors (Lipinski definition) is 1. The maximum atomic E-state index is 12.9. The Morgan fingerprint density at radius 1 is 1.21 bits per heavy atom. The molecule has 1 saturated heterocycles. The molecular formula is C25H25Cl2N5O2. The molecule has 0 bridgehead atoms. The van der Waals surface area contributed by atoms with Crippen LogP contribution in [0.5, 0.6) is 0 Å². The third-order valence-electron chi connectivity index (χ3n) is 5.50. The molecule has 2 aromatic carbocycles. The zero-order chi connectivity index (χ0) is 24.6. The first-order chi connectivity index (χ1) is 16.1. The number of benzene rings is 2. The number of rotatable bonds is 2. The molecule has 2 unspecified atom stereocenters. The van der Waals surface area contributed by atoms with Crippen molar-refractivity contribution in [3.05, 3.63) is 58.0 Å². The zero-order valence-corrected chi connectivity index (χ0v) is 20.9. The summed E-state index contributed by atoms with van der Waals surface area (Å²) >= 11 is 12.7. The van der Waals surface area contributed by atoms with Crippen LogP contribution in [0.3, 0.4) is 0 Å². The predicted octanol–water partition coefficient (Wildman–Crippen LogP) is 5.69. The second kappa shape index (κ2) is 9.38. The summed E-state index contributed by atoms with van der Waals surface area (Å²) in [6, 6.07) is 12.1. The summed E-state index contributed by atoms with van der Waals surface area (Å²) in [5.74, 6) is 0.547. The average Bonchev–Trinajstić information content (AvgIpc) is 2.77. The normalized spacial score (nSPS) is 18.6. The Balaban J connectivity index is 1.82. The van der Waals surface area contributed by atoms with E-state index in [-0.39, 0.29) is 0 Å². The number of aromatic nitrogens is 2. The van der Waals surface area contributed by atoms with Crippen molar-refractivity contribution in [2.45, 2.75) is 45.4 Å². The first kappa shape index (κ1) is 24.2. The van der Waals surface area contributed by atoms with E-state index in [0.29, 0.717) is 40.2 Å². The molecule has 3 aromatic rings. The zero-order valence-electron chi connectivity index (χ0n) is 19.4. The van der Waals surface area contributed by atoms with Gasteiger partial charge in [-0.25, -0.2) is 14.8 Å². The number of nitriles is 1. The lowest BCUT2D eigenvalue weighted by molar-refractivity contribution is 0.0123. The van der Waals surface area contributed by atoms with E-state index in [0.717, 1.165) is 16.5 Å². The summed E-state index contributed by atoms with van der Waals surface area (Å²) in [6.07, 6.45) is -0.523. The van der Waals surface area contributed by atoms with Crippen molar-refractivity contribution in [2.75, 3.05) is 13.1 Å². The highest BCUT2D eigenvalue weighted by molar-refractivity contribution is 6.34. The smallest absolute Gasteiger partial charge is 0.411 e. The summed E-state index contributed by atoms with van der Waals surface area (Å²) in [7, 11) is 0. The fourth-order valence-corrected chi connectivity index (χ4v) is 4.46. The van der Waals surface area contributed by atoms with Crippen LogP contribution in [0.4, 0.5) is 4.79 Å². The number of carbonyl (C=O) groups excluding carboxylic acids is 1. The van der Waals surface area contributed by atoms with E-state index in [1.807, 2.05) is 18.2 Å². The number of nitrogens with one attached hydrogen (secondary N) is 1. The molecule has 2 heterocycles. The van der Waals surface area contributed by atoms with Gasteiger partial charge in [0.15, 0.2) is 0 Å². The van der Waals surface area contributed by atoms with Crippen LogP contribution in [-0.4, -0.2) is 45.7 Å². The van der Waals surface area contributed by atoms with E-state index in [9.17, 15) is 10.1 Å². The molecule has 1 fully saturated rings. The molecule has 7 nitrogen and oxygen atoms in total. The monoisotopic (exact) mass is 497 g/mol. The summed E-state index contributed by atoms with van der Waals surface area (Å²) in [4.78, 5) is 23.6. The summed E-state index contributed by atoms with van der Waals surface area (Å²) in [5.41, 5.74) is 2.33. The van der Waals surface area contributed by atoms with E-state index in [1.54, 1.807) is 45.9 Å². The number of aryl methyl sites for hydroxylation is 1. The number of halogens is 2. The van der Waals surface area contributed by atoms with Crippen LogP contribution in [0.15, 0.2) is 36.4 Å². The van der Waals surface area contributed by atoms with Crippen LogP contribution in [0, 0.1) is 18.3 Å². The Morgan fingerprint density at radius 3 is 2.56 bits per heavy atom.